The number of piperidine rings is 2. The molecule has 2 aromatic heterocycles. The Morgan fingerprint density at radius 3 is 2.43 bits per heavy atom. The maximum absolute atomic E-state index is 16.5. The van der Waals surface area contributed by atoms with E-state index in [0.717, 1.165) is 55.5 Å². The van der Waals surface area contributed by atoms with Crippen LogP contribution in [0.25, 0.3) is 22.2 Å². The highest BCUT2D eigenvalue weighted by Gasteiger charge is 2.39. The number of hydrogen-bond acceptors (Lipinski definition) is 10. The number of nitrogen functional groups attached to an aromatic ring is 1. The molecule has 3 aromatic carbocycles. The van der Waals surface area contributed by atoms with Gasteiger partial charge in [0, 0.05) is 93.0 Å². The Kier molecular flexibility index (Phi) is 11.0. The molecule has 1 saturated carbocycles. The number of fused-ring (bicyclic) bond motifs is 1. The number of imide groups is 1. The van der Waals surface area contributed by atoms with E-state index in [2.05, 4.69) is 48.2 Å². The van der Waals surface area contributed by atoms with Crippen molar-refractivity contribution in [1.29, 1.82) is 0 Å². The van der Waals surface area contributed by atoms with Gasteiger partial charge in [-0.2, -0.15) is 0 Å². The first-order valence-electron chi connectivity index (χ1n) is 22.4. The number of aromatic hydroxyl groups is 1. The third-order valence-corrected chi connectivity index (χ3v) is 14.1. The fourth-order valence-corrected chi connectivity index (χ4v) is 10.2. The van der Waals surface area contributed by atoms with E-state index < -0.39 is 5.67 Å². The molecular formula is C48H54FN9O5. The number of alkyl halides is 1. The molecule has 63 heavy (non-hydrogen) atoms. The molecule has 5 aromatic rings. The van der Waals surface area contributed by atoms with E-state index >= 15 is 4.39 Å². The quantitative estimate of drug-likeness (QED) is 0.141. The summed E-state index contributed by atoms with van der Waals surface area (Å²) in [7, 11) is 0. The number of benzene rings is 3. The predicted molar refractivity (Wildman–Crippen MR) is 239 cm³/mol. The van der Waals surface area contributed by atoms with E-state index in [4.69, 9.17) is 10.5 Å². The van der Waals surface area contributed by atoms with E-state index in [1.807, 2.05) is 42.5 Å². The molecule has 5 aliphatic rings. The van der Waals surface area contributed by atoms with Gasteiger partial charge in [-0.05, 0) is 105 Å². The monoisotopic (exact) mass is 855 g/mol. The second kappa shape index (κ2) is 16.9. The molecule has 0 unspecified atom stereocenters. The van der Waals surface area contributed by atoms with Crippen LogP contribution in [0, 0.1) is 0 Å². The number of morpholine rings is 1. The summed E-state index contributed by atoms with van der Waals surface area (Å²) < 4.78 is 25.1. The Balaban J connectivity index is 0.730. The highest BCUT2D eigenvalue weighted by Crippen LogP contribution is 2.42. The summed E-state index contributed by atoms with van der Waals surface area (Å²) in [5.41, 5.74) is 11.5. The number of phenols is 1. The number of anilines is 3. The second-order valence-corrected chi connectivity index (χ2v) is 18.0. The van der Waals surface area contributed by atoms with Crippen molar-refractivity contribution in [2.24, 2.45) is 0 Å². The van der Waals surface area contributed by atoms with Crippen molar-refractivity contribution in [3.63, 3.8) is 0 Å². The number of carbonyl (C=O) groups is 3. The number of hydrogen-bond donors (Lipinski definition) is 3. The molecule has 0 bridgehead atoms. The normalized spacial score (nSPS) is 21.4. The highest BCUT2D eigenvalue weighted by molar-refractivity contribution is 6.06. The van der Waals surface area contributed by atoms with Crippen molar-refractivity contribution in [2.45, 2.75) is 75.1 Å². The molecule has 10 rings (SSSR count). The number of rotatable bonds is 9. The number of ether oxygens (including phenoxy) is 1. The number of carbonyl (C=O) groups excluding carboxylic acids is 3. The summed E-state index contributed by atoms with van der Waals surface area (Å²) in [4.78, 5) is 45.9. The number of para-hydroxylation sites is 1. The van der Waals surface area contributed by atoms with Crippen LogP contribution < -0.4 is 20.9 Å². The minimum Gasteiger partial charge on any atom is -0.507 e. The van der Waals surface area contributed by atoms with Gasteiger partial charge in [0.2, 0.25) is 5.91 Å². The van der Waals surface area contributed by atoms with Crippen LogP contribution in [0.1, 0.15) is 90.9 Å². The molecule has 4 amide bonds. The van der Waals surface area contributed by atoms with Crippen LogP contribution in [0.15, 0.2) is 79.0 Å². The lowest BCUT2D eigenvalue weighted by Gasteiger charge is -2.41. The highest BCUT2D eigenvalue weighted by atomic mass is 19.1. The Hall–Kier alpha value is -6.06. The molecule has 14 nitrogen and oxygen atoms in total. The summed E-state index contributed by atoms with van der Waals surface area (Å²) in [5, 5.41) is 22.4. The van der Waals surface area contributed by atoms with Crippen LogP contribution in [0.2, 0.25) is 0 Å². The Morgan fingerprint density at radius 1 is 0.921 bits per heavy atom. The number of nitrogens with two attached hydrogens (primary N) is 1. The number of nitrogens with zero attached hydrogens (tertiary/aromatic N) is 7. The number of phenolic OH excluding ortho intramolecular Hbond substituents is 1. The van der Waals surface area contributed by atoms with Crippen LogP contribution in [0.5, 0.6) is 5.75 Å². The second-order valence-electron chi connectivity index (χ2n) is 18.0. The molecule has 1 aliphatic carbocycles. The first-order valence-corrected chi connectivity index (χ1v) is 22.4. The van der Waals surface area contributed by atoms with Crippen LogP contribution in [0.3, 0.4) is 0 Å². The summed E-state index contributed by atoms with van der Waals surface area (Å²) >= 11 is 0. The van der Waals surface area contributed by atoms with Gasteiger partial charge in [0.1, 0.15) is 17.5 Å². The molecule has 5 fully saturated rings. The number of amides is 4. The van der Waals surface area contributed by atoms with E-state index in [9.17, 15) is 19.5 Å². The lowest BCUT2D eigenvalue weighted by molar-refractivity contribution is -0.120. The van der Waals surface area contributed by atoms with Gasteiger partial charge < -0.3 is 34.8 Å². The van der Waals surface area contributed by atoms with Crippen molar-refractivity contribution in [2.75, 3.05) is 74.5 Å². The van der Waals surface area contributed by atoms with E-state index in [-0.39, 0.29) is 36.1 Å². The molecule has 15 heteroatoms. The van der Waals surface area contributed by atoms with Crippen molar-refractivity contribution in [3.05, 3.63) is 95.7 Å². The molecule has 4 saturated heterocycles. The Bertz CT molecular complexity index is 2530. The largest absolute Gasteiger partial charge is 0.507 e. The van der Waals surface area contributed by atoms with Gasteiger partial charge in [-0.15, -0.1) is 10.2 Å². The lowest BCUT2D eigenvalue weighted by atomic mass is 9.87. The van der Waals surface area contributed by atoms with E-state index in [1.165, 1.54) is 17.4 Å². The number of nitrogens with one attached hydrogen (secondary N) is 1. The van der Waals surface area contributed by atoms with Crippen LogP contribution in [0.4, 0.5) is 26.4 Å². The van der Waals surface area contributed by atoms with Crippen molar-refractivity contribution < 1.29 is 28.6 Å². The molecule has 4 N–H and O–H groups in total. The number of urea groups is 1. The SMILES string of the molecule is Nc1nnc(-c2ccccc2O)cc1N1CCO[C@H](c2ccc(C(=O)N3CCC(F)(CN4CCC(c5cn(C6CCC6)c6cc(N7CCC(=O)NC7=O)ccc56)CC4)CC3)cc2)C1. The maximum atomic E-state index is 16.5. The molecular weight excluding hydrogens is 802 g/mol. The first kappa shape index (κ1) is 41.0. The van der Waals surface area contributed by atoms with E-state index in [1.54, 1.807) is 28.0 Å². The average Bonchev–Trinajstić information content (AvgIpc) is 3.64. The summed E-state index contributed by atoms with van der Waals surface area (Å²) in [5.74, 6) is 0.438. The maximum Gasteiger partial charge on any atom is 0.328 e. The van der Waals surface area contributed by atoms with Gasteiger partial charge in [0.15, 0.2) is 5.82 Å². The zero-order valence-electron chi connectivity index (χ0n) is 35.4. The third kappa shape index (κ3) is 8.19. The first-order chi connectivity index (χ1) is 30.6. The zero-order valence-corrected chi connectivity index (χ0v) is 35.4. The van der Waals surface area contributed by atoms with Crippen molar-refractivity contribution >= 4 is 45.9 Å². The molecule has 4 aliphatic heterocycles. The lowest BCUT2D eigenvalue weighted by Crippen LogP contribution is -2.50. The summed E-state index contributed by atoms with van der Waals surface area (Å²) in [6, 6.07) is 22.7. The number of halogens is 1. The summed E-state index contributed by atoms with van der Waals surface area (Å²) in [6.07, 6.45) is 8.35. The van der Waals surface area contributed by atoms with Crippen LogP contribution in [-0.4, -0.2) is 112 Å². The summed E-state index contributed by atoms with van der Waals surface area (Å²) in [6.45, 7) is 4.71. The third-order valence-electron chi connectivity index (χ3n) is 14.1. The van der Waals surface area contributed by atoms with Gasteiger partial charge >= 0.3 is 6.03 Å². The van der Waals surface area contributed by atoms with Gasteiger partial charge in [-0.3, -0.25) is 19.8 Å². The fraction of sp³-hybridized carbons (Fsp3) is 0.438. The predicted octanol–water partition coefficient (Wildman–Crippen LogP) is 6.96. The topological polar surface area (TPSA) is 162 Å². The smallest absolute Gasteiger partial charge is 0.328 e. The number of likely N-dealkylation sites (tertiary alicyclic amines) is 2. The van der Waals surface area contributed by atoms with Crippen molar-refractivity contribution in [3.8, 4) is 17.0 Å². The van der Waals surface area contributed by atoms with Crippen molar-refractivity contribution in [1.82, 2.24) is 29.9 Å². The van der Waals surface area contributed by atoms with Gasteiger partial charge in [-0.1, -0.05) is 30.3 Å². The molecule has 1 atom stereocenters. The van der Waals surface area contributed by atoms with Gasteiger partial charge in [0.25, 0.3) is 5.91 Å². The standard InChI is InChI=1S/C48H54FN9O5/c49-48(30-54-19-14-31(15-20-54)38-28-58(34-4-3-5-34)40-26-35(12-13-36(38)40)57-21-16-44(60)51-47(57)62)17-22-55(23-18-48)46(61)33-10-8-32(9-11-33)43-29-56(24-25-63-43)41-27-39(52-53-45(41)50)37-6-1-2-7-42(37)59/h1-2,6-13,26-28,31,34,43,59H,3-5,14-25,29-30H2,(H2,50,53)(H,51,60,62)/t43-/m0/s1. The van der Waals surface area contributed by atoms with Gasteiger partial charge in [-0.25, -0.2) is 9.18 Å². The Morgan fingerprint density at radius 2 is 1.70 bits per heavy atom. The molecule has 328 valence electrons. The zero-order chi connectivity index (χ0) is 43.2. The Labute approximate surface area is 365 Å². The fourth-order valence-electron chi connectivity index (χ4n) is 10.2. The number of aromatic nitrogens is 3. The average molecular weight is 856 g/mol. The molecule has 0 spiro atoms. The van der Waals surface area contributed by atoms with E-state index in [0.29, 0.717) is 99.0 Å². The minimum atomic E-state index is -1.35. The van der Waals surface area contributed by atoms with Crippen LogP contribution in [-0.2, 0) is 9.53 Å². The molecule has 0 radical (unpaired) electrons. The van der Waals surface area contributed by atoms with Gasteiger partial charge in [0.05, 0.1) is 23.5 Å². The molecule has 6 heterocycles. The van der Waals surface area contributed by atoms with Crippen LogP contribution >= 0.6 is 0 Å². The minimum absolute atomic E-state index is 0.0922.